The van der Waals surface area contributed by atoms with Gasteiger partial charge in [0.1, 0.15) is 13.2 Å². The Hall–Kier alpha value is -1.39. The predicted molar refractivity (Wildman–Crippen MR) is 88.6 cm³/mol. The molecule has 0 unspecified atom stereocenters. The molecule has 0 aromatic heterocycles. The van der Waals surface area contributed by atoms with Crippen LogP contribution in [0, 0.1) is 6.92 Å². The van der Waals surface area contributed by atoms with Crippen molar-refractivity contribution in [2.45, 2.75) is 13.5 Å². The van der Waals surface area contributed by atoms with Crippen molar-refractivity contribution in [1.29, 1.82) is 0 Å². The third kappa shape index (κ3) is 3.27. The Balaban J connectivity index is 1.76. The van der Waals surface area contributed by atoms with Gasteiger partial charge in [0.05, 0.1) is 5.02 Å². The van der Waals surface area contributed by atoms with Crippen LogP contribution in [0.4, 0.5) is 5.69 Å². The van der Waals surface area contributed by atoms with Gasteiger partial charge in [-0.15, -0.1) is 0 Å². The van der Waals surface area contributed by atoms with Gasteiger partial charge in [-0.05, 0) is 42.3 Å². The maximum atomic E-state index is 6.23. The van der Waals surface area contributed by atoms with Crippen LogP contribution in [0.2, 0.25) is 5.02 Å². The molecule has 1 N–H and O–H groups in total. The quantitative estimate of drug-likeness (QED) is 0.844. The zero-order valence-corrected chi connectivity index (χ0v) is 13.9. The molecule has 3 nitrogen and oxygen atoms in total. The molecule has 1 aliphatic heterocycles. The van der Waals surface area contributed by atoms with Crippen molar-refractivity contribution in [3.8, 4) is 11.5 Å². The lowest BCUT2D eigenvalue weighted by molar-refractivity contribution is 0.171. The first-order valence-corrected chi connectivity index (χ1v) is 7.88. The van der Waals surface area contributed by atoms with Gasteiger partial charge in [-0.1, -0.05) is 33.6 Å². The Morgan fingerprint density at radius 3 is 2.81 bits per heavy atom. The van der Waals surface area contributed by atoms with Crippen LogP contribution in [-0.2, 0) is 6.54 Å². The number of benzene rings is 2. The molecular formula is C16H15BrClNO2. The summed E-state index contributed by atoms with van der Waals surface area (Å²) < 4.78 is 12.2. The molecular weight excluding hydrogens is 354 g/mol. The smallest absolute Gasteiger partial charge is 0.179 e. The average molecular weight is 369 g/mol. The number of hydrogen-bond acceptors (Lipinski definition) is 3. The van der Waals surface area contributed by atoms with Crippen LogP contribution in [0.3, 0.4) is 0 Å². The first-order chi connectivity index (χ1) is 10.1. The van der Waals surface area contributed by atoms with Gasteiger partial charge in [-0.2, -0.15) is 0 Å². The molecule has 0 bridgehead atoms. The van der Waals surface area contributed by atoms with E-state index in [1.54, 1.807) is 0 Å². The molecule has 2 aromatic rings. The van der Waals surface area contributed by atoms with Crippen molar-refractivity contribution < 1.29 is 9.47 Å². The highest BCUT2D eigenvalue weighted by molar-refractivity contribution is 9.10. The summed E-state index contributed by atoms with van der Waals surface area (Å²) in [5, 5.41) is 3.97. The molecule has 0 radical (unpaired) electrons. The fraction of sp³-hybridized carbons (Fsp3) is 0.250. The lowest BCUT2D eigenvalue weighted by atomic mass is 10.1. The van der Waals surface area contributed by atoms with Gasteiger partial charge < -0.3 is 14.8 Å². The molecule has 5 heteroatoms. The SMILES string of the molecule is Cc1ccc(NCc2cc(Cl)c3c(c2)OCCO3)cc1Br. The first kappa shape index (κ1) is 14.5. The van der Waals surface area contributed by atoms with Crippen molar-refractivity contribution in [3.63, 3.8) is 0 Å². The van der Waals surface area contributed by atoms with Crippen LogP contribution >= 0.6 is 27.5 Å². The van der Waals surface area contributed by atoms with Crippen molar-refractivity contribution in [3.05, 3.63) is 51.0 Å². The number of rotatable bonds is 3. The average Bonchev–Trinajstić information content (AvgIpc) is 2.49. The minimum absolute atomic E-state index is 0.543. The van der Waals surface area contributed by atoms with Crippen molar-refractivity contribution in [2.24, 2.45) is 0 Å². The minimum atomic E-state index is 0.543. The van der Waals surface area contributed by atoms with E-state index < -0.39 is 0 Å². The second-order valence-electron chi connectivity index (χ2n) is 4.92. The molecule has 21 heavy (non-hydrogen) atoms. The van der Waals surface area contributed by atoms with E-state index in [-0.39, 0.29) is 0 Å². The van der Waals surface area contributed by atoms with E-state index in [4.69, 9.17) is 21.1 Å². The standard InChI is InChI=1S/C16H15BrClNO2/c1-10-2-3-12(8-13(10)17)19-9-11-6-14(18)16-15(7-11)20-4-5-21-16/h2-3,6-8,19H,4-5,9H2,1H3. The predicted octanol–water partition coefficient (Wildman–Crippen LogP) is 4.79. The highest BCUT2D eigenvalue weighted by Gasteiger charge is 2.16. The number of fused-ring (bicyclic) bond motifs is 1. The van der Waals surface area contributed by atoms with E-state index in [0.717, 1.165) is 21.5 Å². The minimum Gasteiger partial charge on any atom is -0.486 e. The molecule has 0 fully saturated rings. The van der Waals surface area contributed by atoms with Crippen LogP contribution in [0.5, 0.6) is 11.5 Å². The zero-order valence-electron chi connectivity index (χ0n) is 11.6. The van der Waals surface area contributed by atoms with Gasteiger partial charge in [0.25, 0.3) is 0 Å². The summed E-state index contributed by atoms with van der Waals surface area (Å²) in [7, 11) is 0. The molecule has 0 saturated carbocycles. The first-order valence-electron chi connectivity index (χ1n) is 6.71. The summed E-state index contributed by atoms with van der Waals surface area (Å²) in [5.41, 5.74) is 3.32. The summed E-state index contributed by atoms with van der Waals surface area (Å²) >= 11 is 9.77. The fourth-order valence-electron chi connectivity index (χ4n) is 2.17. The van der Waals surface area contributed by atoms with Gasteiger partial charge in [-0.3, -0.25) is 0 Å². The normalized spacial score (nSPS) is 13.1. The fourth-order valence-corrected chi connectivity index (χ4v) is 2.84. The monoisotopic (exact) mass is 367 g/mol. The highest BCUT2D eigenvalue weighted by Crippen LogP contribution is 2.38. The maximum Gasteiger partial charge on any atom is 0.179 e. The van der Waals surface area contributed by atoms with Gasteiger partial charge in [0.2, 0.25) is 0 Å². The molecule has 0 aliphatic carbocycles. The number of nitrogens with one attached hydrogen (secondary N) is 1. The summed E-state index contributed by atoms with van der Waals surface area (Å²) in [4.78, 5) is 0. The van der Waals surface area contributed by atoms with Crippen LogP contribution < -0.4 is 14.8 Å². The van der Waals surface area contributed by atoms with Crippen LogP contribution in [0.1, 0.15) is 11.1 Å². The van der Waals surface area contributed by atoms with E-state index >= 15 is 0 Å². The van der Waals surface area contributed by atoms with Crippen LogP contribution in [0.15, 0.2) is 34.8 Å². The Morgan fingerprint density at radius 2 is 2.00 bits per heavy atom. The summed E-state index contributed by atoms with van der Waals surface area (Å²) in [6.45, 7) is 3.84. The third-order valence-corrected chi connectivity index (χ3v) is 4.46. The summed E-state index contributed by atoms with van der Waals surface area (Å²) in [5.74, 6) is 1.36. The van der Waals surface area contributed by atoms with Gasteiger partial charge in [0.15, 0.2) is 11.5 Å². The van der Waals surface area contributed by atoms with Crippen molar-refractivity contribution in [1.82, 2.24) is 0 Å². The number of halogens is 2. The highest BCUT2D eigenvalue weighted by atomic mass is 79.9. The number of aryl methyl sites for hydroxylation is 1. The van der Waals surface area contributed by atoms with Crippen LogP contribution in [-0.4, -0.2) is 13.2 Å². The Kier molecular flexibility index (Phi) is 4.27. The summed E-state index contributed by atoms with van der Waals surface area (Å²) in [6.07, 6.45) is 0. The van der Waals surface area contributed by atoms with E-state index in [1.807, 2.05) is 12.1 Å². The molecule has 0 atom stereocenters. The number of ether oxygens (including phenoxy) is 2. The molecule has 1 heterocycles. The Labute approximate surface area is 137 Å². The van der Waals surface area contributed by atoms with Gasteiger partial charge >= 0.3 is 0 Å². The van der Waals surface area contributed by atoms with E-state index in [0.29, 0.717) is 30.5 Å². The summed E-state index contributed by atoms with van der Waals surface area (Å²) in [6, 6.07) is 10.1. The molecule has 1 aliphatic rings. The topological polar surface area (TPSA) is 30.5 Å². The maximum absolute atomic E-state index is 6.23. The van der Waals surface area contributed by atoms with E-state index in [9.17, 15) is 0 Å². The van der Waals surface area contributed by atoms with E-state index in [1.165, 1.54) is 5.56 Å². The lowest BCUT2D eigenvalue weighted by Gasteiger charge is -2.20. The van der Waals surface area contributed by atoms with Crippen LogP contribution in [0.25, 0.3) is 0 Å². The molecule has 3 rings (SSSR count). The molecule has 2 aromatic carbocycles. The second-order valence-corrected chi connectivity index (χ2v) is 6.18. The molecule has 0 saturated heterocycles. The second kappa shape index (κ2) is 6.16. The van der Waals surface area contributed by atoms with Crippen molar-refractivity contribution in [2.75, 3.05) is 18.5 Å². The van der Waals surface area contributed by atoms with Gasteiger partial charge in [-0.25, -0.2) is 0 Å². The largest absolute Gasteiger partial charge is 0.486 e. The molecule has 0 amide bonds. The third-order valence-electron chi connectivity index (χ3n) is 3.33. The number of anilines is 1. The Morgan fingerprint density at radius 1 is 1.19 bits per heavy atom. The van der Waals surface area contributed by atoms with Crippen molar-refractivity contribution >= 4 is 33.2 Å². The zero-order chi connectivity index (χ0) is 14.8. The van der Waals surface area contributed by atoms with E-state index in [2.05, 4.69) is 46.4 Å². The molecule has 110 valence electrons. The molecule has 0 spiro atoms. The number of hydrogen-bond donors (Lipinski definition) is 1. The van der Waals surface area contributed by atoms with Gasteiger partial charge in [0, 0.05) is 16.7 Å². The lowest BCUT2D eigenvalue weighted by Crippen LogP contribution is -2.16. The Bertz CT molecular complexity index is 676.